The number of nitrogen functional groups attached to an aromatic ring is 1. The quantitative estimate of drug-likeness (QED) is 0.194. The number of hydrogen-bond acceptors (Lipinski definition) is 9. The van der Waals surface area contributed by atoms with Crippen LogP contribution in [0.1, 0.15) is 6.42 Å². The molecule has 0 aliphatic carbocycles. The third kappa shape index (κ3) is 6.71. The minimum atomic E-state index is -4.38. The van der Waals surface area contributed by atoms with Gasteiger partial charge in [0.15, 0.2) is 5.82 Å². The zero-order valence-corrected chi connectivity index (χ0v) is 18.2. The van der Waals surface area contributed by atoms with E-state index in [1.54, 1.807) is 12.2 Å². The van der Waals surface area contributed by atoms with Gasteiger partial charge in [0, 0.05) is 31.5 Å². The van der Waals surface area contributed by atoms with Crippen molar-refractivity contribution in [2.24, 2.45) is 0 Å². The van der Waals surface area contributed by atoms with E-state index in [4.69, 9.17) is 15.5 Å². The second-order valence-corrected chi connectivity index (χ2v) is 9.20. The van der Waals surface area contributed by atoms with E-state index in [-0.39, 0.29) is 24.1 Å². The molecular formula is C17H25N8O7P. The van der Waals surface area contributed by atoms with E-state index in [0.717, 1.165) is 0 Å². The Morgan fingerprint density at radius 1 is 1.39 bits per heavy atom. The molecule has 0 aromatic carbocycles. The van der Waals surface area contributed by atoms with Crippen LogP contribution >= 0.6 is 7.60 Å². The second kappa shape index (κ2) is 9.94. The smallest absolute Gasteiger partial charge is 0.326 e. The molecule has 180 valence electrons. The monoisotopic (exact) mass is 484 g/mol. The summed E-state index contributed by atoms with van der Waals surface area (Å²) < 4.78 is 11.0. The van der Waals surface area contributed by atoms with Gasteiger partial charge in [-0.05, 0) is 18.6 Å². The summed E-state index contributed by atoms with van der Waals surface area (Å²) in [4.78, 5) is 61.1. The minimum Gasteiger partial charge on any atom is -0.480 e. The first-order valence-electron chi connectivity index (χ1n) is 9.89. The van der Waals surface area contributed by atoms with E-state index in [9.17, 15) is 24.1 Å². The van der Waals surface area contributed by atoms with Gasteiger partial charge in [-0.2, -0.15) is 4.98 Å². The highest BCUT2D eigenvalue weighted by atomic mass is 31.2. The topological polar surface area (TPSA) is 235 Å². The van der Waals surface area contributed by atoms with Gasteiger partial charge in [-0.1, -0.05) is 0 Å². The number of urea groups is 1. The Bertz CT molecular complexity index is 1080. The van der Waals surface area contributed by atoms with Gasteiger partial charge >= 0.3 is 19.6 Å². The van der Waals surface area contributed by atoms with Gasteiger partial charge in [0.1, 0.15) is 11.7 Å². The number of amides is 2. The summed E-state index contributed by atoms with van der Waals surface area (Å²) in [7, 11) is -4.38. The Labute approximate surface area is 187 Å². The van der Waals surface area contributed by atoms with Crippen LogP contribution in [-0.4, -0.2) is 79.6 Å². The lowest BCUT2D eigenvalue weighted by atomic mass is 10.2. The van der Waals surface area contributed by atoms with Gasteiger partial charge in [-0.15, -0.1) is 0 Å². The first-order chi connectivity index (χ1) is 15.5. The number of nitrogens with zero attached hydrogens (tertiary/aromatic N) is 2. The van der Waals surface area contributed by atoms with Crippen LogP contribution in [0.15, 0.2) is 28.8 Å². The molecule has 15 nitrogen and oxygen atoms in total. The van der Waals surface area contributed by atoms with Gasteiger partial charge in [0.05, 0.1) is 12.2 Å². The molecule has 1 aromatic heterocycles. The lowest BCUT2D eigenvalue weighted by molar-refractivity contribution is -0.139. The highest BCUT2D eigenvalue weighted by Crippen LogP contribution is 2.35. The van der Waals surface area contributed by atoms with Crippen LogP contribution in [0.5, 0.6) is 0 Å². The first kappa shape index (κ1) is 24.1. The molecule has 0 spiro atoms. The summed E-state index contributed by atoms with van der Waals surface area (Å²) in [5.74, 6) is -0.985. The first-order valence-corrected chi connectivity index (χ1v) is 11.7. The Balaban J connectivity index is 1.48. The van der Waals surface area contributed by atoms with Crippen molar-refractivity contribution in [1.29, 1.82) is 0 Å². The highest BCUT2D eigenvalue weighted by Gasteiger charge is 2.26. The molecule has 0 fully saturated rings. The zero-order valence-electron chi connectivity index (χ0n) is 17.3. The minimum absolute atomic E-state index is 0.0205. The van der Waals surface area contributed by atoms with Crippen LogP contribution in [0, 0.1) is 0 Å². The predicted octanol–water partition coefficient (Wildman–Crippen LogP) is -1.41. The summed E-state index contributed by atoms with van der Waals surface area (Å²) in [6.07, 6.45) is 3.73. The van der Waals surface area contributed by atoms with E-state index in [1.165, 1.54) is 11.1 Å². The van der Waals surface area contributed by atoms with Crippen LogP contribution in [0.25, 0.3) is 0 Å². The molecule has 3 heterocycles. The van der Waals surface area contributed by atoms with Crippen LogP contribution in [-0.2, 0) is 9.36 Å². The summed E-state index contributed by atoms with van der Waals surface area (Å²) in [6.45, 7) is 1.09. The largest absolute Gasteiger partial charge is 0.480 e. The summed E-state index contributed by atoms with van der Waals surface area (Å²) in [6, 6.07) is -2.27. The normalized spacial score (nSPS) is 18.3. The van der Waals surface area contributed by atoms with E-state index in [0.29, 0.717) is 30.3 Å². The Morgan fingerprint density at radius 3 is 2.79 bits per heavy atom. The number of carbonyl (C=O) groups excluding carboxylic acids is 1. The predicted molar refractivity (Wildman–Crippen MR) is 119 cm³/mol. The van der Waals surface area contributed by atoms with E-state index in [2.05, 4.69) is 31.2 Å². The molecule has 2 aliphatic heterocycles. The van der Waals surface area contributed by atoms with Gasteiger partial charge in [0.2, 0.25) is 5.95 Å². The maximum absolute atomic E-state index is 12.3. The number of anilines is 3. The van der Waals surface area contributed by atoms with Gasteiger partial charge < -0.3 is 41.9 Å². The lowest BCUT2D eigenvalue weighted by Gasteiger charge is -2.28. The Hall–Kier alpha value is -3.55. The average molecular weight is 484 g/mol. The Kier molecular flexibility index (Phi) is 7.26. The molecule has 0 saturated heterocycles. The van der Waals surface area contributed by atoms with Crippen molar-refractivity contribution < 1.29 is 29.0 Å². The molecule has 0 radical (unpaired) electrons. The molecular weight excluding hydrogens is 459 g/mol. The van der Waals surface area contributed by atoms with Crippen molar-refractivity contribution in [3.63, 3.8) is 0 Å². The van der Waals surface area contributed by atoms with Gasteiger partial charge in [-0.3, -0.25) is 19.2 Å². The van der Waals surface area contributed by atoms with Crippen LogP contribution in [0.3, 0.4) is 0 Å². The molecule has 0 bridgehead atoms. The third-order valence-corrected chi connectivity index (χ3v) is 5.70. The number of nitrogens with two attached hydrogens (primary N) is 1. The molecule has 2 unspecified atom stereocenters. The Morgan fingerprint density at radius 2 is 2.15 bits per heavy atom. The lowest BCUT2D eigenvalue weighted by Crippen LogP contribution is -2.47. The van der Waals surface area contributed by atoms with E-state index < -0.39 is 38.2 Å². The highest BCUT2D eigenvalue weighted by molar-refractivity contribution is 7.51. The fraction of sp³-hybridized carbons (Fsp3) is 0.412. The number of H-pyrrole nitrogens is 1. The van der Waals surface area contributed by atoms with Crippen LogP contribution < -0.4 is 32.6 Å². The summed E-state index contributed by atoms with van der Waals surface area (Å²) in [5.41, 5.74) is 6.16. The molecule has 33 heavy (non-hydrogen) atoms. The SMILES string of the molecule is Nc1nc2c(c(=O)[nH]1)NC(CNC1=CCN(C(=O)NC(CCP(=O)(O)O)C(=O)O)C=C1)CN2. The number of hydrogen-bond donors (Lipinski definition) is 9. The number of nitrogens with one attached hydrogen (secondary N) is 5. The zero-order chi connectivity index (χ0) is 24.2. The van der Waals surface area contributed by atoms with Crippen LogP contribution in [0.4, 0.5) is 22.2 Å². The van der Waals surface area contributed by atoms with Crippen molar-refractivity contribution in [2.45, 2.75) is 18.5 Å². The molecule has 16 heteroatoms. The van der Waals surface area contributed by atoms with Crippen molar-refractivity contribution in [1.82, 2.24) is 25.5 Å². The number of aromatic nitrogens is 2. The number of allylic oxidation sites excluding steroid dienone is 1. The summed E-state index contributed by atoms with van der Waals surface area (Å²) >= 11 is 0. The standard InChI is InChI=1S/C17H25N8O7P/c18-16-23-13-12(14(26)24-16)21-10(8-20-13)7-19-9-1-4-25(5-2-9)17(29)22-11(15(27)28)3-6-33(30,31)32/h1-2,4,10-11,19,21H,3,5-8H2,(H,22,29)(H,27,28)(H2,30,31,32)(H4,18,20,23,24,26). The van der Waals surface area contributed by atoms with Gasteiger partial charge in [0.25, 0.3) is 5.56 Å². The van der Waals surface area contributed by atoms with Gasteiger partial charge in [-0.25, -0.2) is 9.59 Å². The third-order valence-electron chi connectivity index (χ3n) is 4.86. The van der Waals surface area contributed by atoms with Crippen molar-refractivity contribution in [2.75, 3.05) is 42.2 Å². The molecule has 3 rings (SSSR count). The molecule has 2 atom stereocenters. The van der Waals surface area contributed by atoms with Crippen molar-refractivity contribution >= 4 is 37.0 Å². The molecule has 1 aromatic rings. The average Bonchev–Trinajstić information content (AvgIpc) is 2.74. The number of carbonyl (C=O) groups is 2. The number of aliphatic carboxylic acids is 1. The number of rotatable bonds is 8. The number of carboxylic acid groups (broad SMARTS) is 1. The maximum atomic E-state index is 12.3. The number of aromatic amines is 1. The molecule has 10 N–H and O–H groups in total. The van der Waals surface area contributed by atoms with Crippen molar-refractivity contribution in [3.8, 4) is 0 Å². The second-order valence-electron chi connectivity index (χ2n) is 7.42. The molecule has 2 amide bonds. The maximum Gasteiger partial charge on any atom is 0.326 e. The number of carboxylic acids is 1. The molecule has 2 aliphatic rings. The molecule has 0 saturated carbocycles. The van der Waals surface area contributed by atoms with Crippen LogP contribution in [0.2, 0.25) is 0 Å². The van der Waals surface area contributed by atoms with E-state index in [1.807, 2.05) is 0 Å². The van der Waals surface area contributed by atoms with E-state index >= 15 is 0 Å². The fourth-order valence-corrected chi connectivity index (χ4v) is 3.75. The fourth-order valence-electron chi connectivity index (χ4n) is 3.16. The van der Waals surface area contributed by atoms with Crippen molar-refractivity contribution in [3.05, 3.63) is 34.4 Å². The summed E-state index contributed by atoms with van der Waals surface area (Å²) in [5, 5.41) is 20.7. The number of fused-ring (bicyclic) bond motifs is 1.